The zero-order valence-electron chi connectivity index (χ0n) is 7.91. The lowest BCUT2D eigenvalue weighted by Crippen LogP contribution is -2.14. The largest absolute Gasteiger partial charge is 0.438 e. The molecule has 0 amide bonds. The fourth-order valence-corrected chi connectivity index (χ4v) is 1.24. The Balaban J connectivity index is 3.29. The molecular formula is C7H13N2O4P. The first-order valence-corrected chi connectivity index (χ1v) is 5.56. The highest BCUT2D eigenvalue weighted by Gasteiger charge is 1.99. The predicted octanol–water partition coefficient (Wildman–Crippen LogP) is 0.459. The molecule has 0 aromatic rings. The molecule has 6 nitrogen and oxygen atoms in total. The zero-order chi connectivity index (χ0) is 10.8. The fourth-order valence-electron chi connectivity index (χ4n) is 0.564. The van der Waals surface area contributed by atoms with Crippen LogP contribution in [0.3, 0.4) is 0 Å². The number of nitrogens with one attached hydrogen (secondary N) is 1. The van der Waals surface area contributed by atoms with Crippen molar-refractivity contribution in [3.05, 3.63) is 0 Å². The Labute approximate surface area is 83.1 Å². The second-order valence-electron chi connectivity index (χ2n) is 2.36. The molecule has 0 radical (unpaired) electrons. The van der Waals surface area contributed by atoms with Crippen molar-refractivity contribution in [3.8, 4) is 6.07 Å². The van der Waals surface area contributed by atoms with E-state index in [1.807, 2.05) is 6.07 Å². The lowest BCUT2D eigenvalue weighted by Gasteiger charge is -2.04. The van der Waals surface area contributed by atoms with E-state index in [-0.39, 0.29) is 13.1 Å². The topological polar surface area (TPSA) is 88.4 Å². The van der Waals surface area contributed by atoms with Crippen LogP contribution < -0.4 is 5.32 Å². The van der Waals surface area contributed by atoms with Gasteiger partial charge in [0.2, 0.25) is 8.03 Å². The summed E-state index contributed by atoms with van der Waals surface area (Å²) in [5.74, 6) is -0.475. The van der Waals surface area contributed by atoms with E-state index >= 15 is 0 Å². The Hall–Kier alpha value is -0.890. The van der Waals surface area contributed by atoms with E-state index < -0.39 is 14.0 Å². The van der Waals surface area contributed by atoms with Crippen LogP contribution >= 0.6 is 8.03 Å². The van der Waals surface area contributed by atoms with Crippen LogP contribution in [-0.2, 0) is 18.6 Å². The van der Waals surface area contributed by atoms with Gasteiger partial charge in [-0.1, -0.05) is 0 Å². The molecule has 0 aliphatic rings. The van der Waals surface area contributed by atoms with Gasteiger partial charge in [0.1, 0.15) is 0 Å². The molecule has 0 bridgehead atoms. The third kappa shape index (κ3) is 9.20. The number of hydrogen-bond donors (Lipinski definition) is 1. The number of carbonyl (C=O) groups excluding carboxylic acids is 1. The van der Waals surface area contributed by atoms with Gasteiger partial charge in [-0.05, 0) is 0 Å². The monoisotopic (exact) mass is 220 g/mol. The highest BCUT2D eigenvalue weighted by atomic mass is 31.1. The standard InChI is InChI=1S/C7H13N2O4P/c1-7(10)12-6-13-14(11)5-9-4-2-3-8/h9,14H,2,4-6H2,1H3. The lowest BCUT2D eigenvalue weighted by molar-refractivity contribution is -0.147. The number of esters is 1. The van der Waals surface area contributed by atoms with Crippen LogP contribution in [0, 0.1) is 11.3 Å². The summed E-state index contributed by atoms with van der Waals surface area (Å²) in [5, 5.41) is 11.0. The van der Waals surface area contributed by atoms with E-state index in [9.17, 15) is 9.36 Å². The molecule has 0 saturated heterocycles. The van der Waals surface area contributed by atoms with E-state index in [4.69, 9.17) is 9.79 Å². The minimum atomic E-state index is -2.21. The molecule has 0 spiro atoms. The van der Waals surface area contributed by atoms with Crippen molar-refractivity contribution >= 4 is 14.0 Å². The maximum atomic E-state index is 11.0. The summed E-state index contributed by atoms with van der Waals surface area (Å²) in [5.41, 5.74) is 0. The van der Waals surface area contributed by atoms with Crippen molar-refractivity contribution < 1.29 is 18.6 Å². The minimum absolute atomic E-state index is 0.188. The summed E-state index contributed by atoms with van der Waals surface area (Å²) in [7, 11) is -2.21. The fraction of sp³-hybridized carbons (Fsp3) is 0.714. The first-order valence-electron chi connectivity index (χ1n) is 4.03. The van der Waals surface area contributed by atoms with Gasteiger partial charge < -0.3 is 10.1 Å². The third-order valence-electron chi connectivity index (χ3n) is 1.17. The van der Waals surface area contributed by atoms with Crippen LogP contribution in [0.4, 0.5) is 0 Å². The summed E-state index contributed by atoms with van der Waals surface area (Å²) in [4.78, 5) is 10.3. The molecule has 0 rings (SSSR count). The molecule has 1 N–H and O–H groups in total. The molecule has 0 aromatic carbocycles. The summed E-state index contributed by atoms with van der Waals surface area (Å²) in [6.45, 7) is 1.43. The SMILES string of the molecule is CC(=O)OCO[PH](=O)CNCCC#N. The molecule has 1 atom stereocenters. The maximum absolute atomic E-state index is 11.0. The summed E-state index contributed by atoms with van der Waals surface area (Å²) < 4.78 is 20.1. The van der Waals surface area contributed by atoms with Gasteiger partial charge in [-0.25, -0.2) is 0 Å². The van der Waals surface area contributed by atoms with Crippen LogP contribution in [0.2, 0.25) is 0 Å². The average molecular weight is 220 g/mol. The summed E-state index contributed by atoms with van der Waals surface area (Å²) >= 11 is 0. The predicted molar refractivity (Wildman–Crippen MR) is 49.8 cm³/mol. The molecule has 0 aromatic heterocycles. The van der Waals surface area contributed by atoms with E-state index in [1.165, 1.54) is 6.92 Å². The Kier molecular flexibility index (Phi) is 8.14. The highest BCUT2D eigenvalue weighted by molar-refractivity contribution is 7.39. The molecule has 0 heterocycles. The molecule has 80 valence electrons. The first kappa shape index (κ1) is 13.1. The summed E-state index contributed by atoms with van der Waals surface area (Å²) in [6, 6.07) is 1.94. The van der Waals surface area contributed by atoms with Crippen molar-refractivity contribution in [1.29, 1.82) is 5.26 Å². The highest BCUT2D eigenvalue weighted by Crippen LogP contribution is 2.19. The number of rotatable bonds is 7. The van der Waals surface area contributed by atoms with Gasteiger partial charge in [-0.3, -0.25) is 13.9 Å². The average Bonchev–Trinajstić information content (AvgIpc) is 2.12. The van der Waals surface area contributed by atoms with Gasteiger partial charge in [0.05, 0.1) is 12.4 Å². The maximum Gasteiger partial charge on any atom is 0.304 e. The van der Waals surface area contributed by atoms with E-state index in [1.54, 1.807) is 0 Å². The van der Waals surface area contributed by atoms with E-state index in [0.29, 0.717) is 13.0 Å². The number of ether oxygens (including phenoxy) is 1. The minimum Gasteiger partial charge on any atom is -0.438 e. The van der Waals surface area contributed by atoms with Gasteiger partial charge in [-0.15, -0.1) is 0 Å². The van der Waals surface area contributed by atoms with Crippen molar-refractivity contribution in [1.82, 2.24) is 5.32 Å². The van der Waals surface area contributed by atoms with Crippen molar-refractivity contribution in [2.75, 3.05) is 19.6 Å². The second kappa shape index (κ2) is 8.70. The zero-order valence-corrected chi connectivity index (χ0v) is 8.91. The Morgan fingerprint density at radius 1 is 1.64 bits per heavy atom. The van der Waals surface area contributed by atoms with Gasteiger partial charge in [0.15, 0.2) is 6.79 Å². The van der Waals surface area contributed by atoms with Gasteiger partial charge >= 0.3 is 5.97 Å². The number of nitriles is 1. The number of carbonyl (C=O) groups is 1. The van der Waals surface area contributed by atoms with E-state index in [0.717, 1.165) is 0 Å². The molecule has 0 aliphatic carbocycles. The molecule has 14 heavy (non-hydrogen) atoms. The Bertz CT molecular complexity index is 238. The number of nitrogens with zero attached hydrogens (tertiary/aromatic N) is 1. The molecule has 0 saturated carbocycles. The number of hydrogen-bond acceptors (Lipinski definition) is 6. The summed E-state index contributed by atoms with van der Waals surface area (Å²) in [6.07, 6.45) is 0.548. The van der Waals surface area contributed by atoms with Gasteiger partial charge in [-0.2, -0.15) is 5.26 Å². The normalized spacial score (nSPS) is 11.7. The molecule has 0 aliphatic heterocycles. The van der Waals surface area contributed by atoms with Crippen molar-refractivity contribution in [2.24, 2.45) is 0 Å². The third-order valence-corrected chi connectivity index (χ3v) is 2.14. The molecule has 7 heteroatoms. The Morgan fingerprint density at radius 3 is 2.93 bits per heavy atom. The lowest BCUT2D eigenvalue weighted by atomic mass is 10.5. The van der Waals surface area contributed by atoms with Gasteiger partial charge in [0.25, 0.3) is 0 Å². The van der Waals surface area contributed by atoms with Crippen LogP contribution in [0.15, 0.2) is 0 Å². The first-order chi connectivity index (χ1) is 6.66. The smallest absolute Gasteiger partial charge is 0.304 e. The second-order valence-corrected chi connectivity index (χ2v) is 3.74. The van der Waals surface area contributed by atoms with Crippen LogP contribution in [0.25, 0.3) is 0 Å². The van der Waals surface area contributed by atoms with E-state index in [2.05, 4.69) is 10.1 Å². The molecular weight excluding hydrogens is 207 g/mol. The van der Waals surface area contributed by atoms with Crippen LogP contribution in [0.1, 0.15) is 13.3 Å². The van der Waals surface area contributed by atoms with Crippen LogP contribution in [0.5, 0.6) is 0 Å². The molecule has 1 unspecified atom stereocenters. The molecule has 0 fully saturated rings. The quantitative estimate of drug-likeness (QED) is 0.290. The van der Waals surface area contributed by atoms with Crippen molar-refractivity contribution in [2.45, 2.75) is 13.3 Å². The Morgan fingerprint density at radius 2 is 2.36 bits per heavy atom. The van der Waals surface area contributed by atoms with Crippen molar-refractivity contribution in [3.63, 3.8) is 0 Å². The van der Waals surface area contributed by atoms with Gasteiger partial charge in [0, 0.05) is 19.9 Å². The van der Waals surface area contributed by atoms with Crippen LogP contribution in [-0.4, -0.2) is 25.6 Å².